The summed E-state index contributed by atoms with van der Waals surface area (Å²) >= 11 is 2.45. The van der Waals surface area contributed by atoms with E-state index in [0.29, 0.717) is 6.26 Å². The zero-order valence-electron chi connectivity index (χ0n) is 23.0. The number of hydrogen-bond acceptors (Lipinski definition) is 8. The molecule has 0 spiro atoms. The molecule has 0 radical (unpaired) electrons. The first-order valence-corrected chi connectivity index (χ1v) is 11.5. The van der Waals surface area contributed by atoms with Gasteiger partial charge >= 0.3 is 84.5 Å². The highest BCUT2D eigenvalue weighted by molar-refractivity contribution is 9.12. The van der Waals surface area contributed by atoms with Crippen LogP contribution < -0.4 is 0 Å². The third-order valence-corrected chi connectivity index (χ3v) is 4.12. The topological polar surface area (TPSA) is 114 Å². The molecule has 0 bridgehead atoms. The molecule has 0 aliphatic heterocycles. The van der Waals surface area contributed by atoms with Crippen molar-refractivity contribution in [1.82, 2.24) is 0 Å². The number of nitrogens with zero attached hydrogens (tertiary/aromatic N) is 2. The third kappa shape index (κ3) is 13.3. The standard InChI is InChI=1S/C9H2F13NO3.C8H3F13O3.CBrN/c10-3(11)4(12)25-9(21,22)6(15,7(16,17)18)26-8(19,20)5(13,14)1-24-2-23;9-2(10)3(11)23-8(20,21)5(14,6(15,16)17)24-7(18,19)4(12,13)1-22;2-1-3/h1H2;22H,1H2;. The Morgan fingerprint density at radius 2 is 0.774 bits per heavy atom. The first kappa shape index (κ1) is 53.8. The van der Waals surface area contributed by atoms with E-state index in [-0.39, 0.29) is 0 Å². The Bertz CT molecular complexity index is 1350. The first-order chi connectivity index (χ1) is 23.1. The fourth-order valence-electron chi connectivity index (χ4n) is 1.80. The van der Waals surface area contributed by atoms with Crippen molar-refractivity contribution in [3.05, 3.63) is 24.2 Å². The maximum absolute atomic E-state index is 13.5. The van der Waals surface area contributed by atoms with E-state index in [2.05, 4.69) is 20.7 Å². The van der Waals surface area contributed by atoms with Gasteiger partial charge in [0.1, 0.15) is 11.6 Å². The SMILES string of the molecule is N#CBr.N#COCC(F)(F)C(F)(F)OC(F)(C(F)(F)F)C(F)(F)OC(F)=C(F)F.OCC(F)(F)C(F)(F)OC(F)(C(F)(F)F)C(F)(F)OC(F)=C(F)F. The van der Waals surface area contributed by atoms with Gasteiger partial charge in [0, 0.05) is 15.9 Å². The molecule has 0 rings (SSSR count). The molecule has 0 aromatic rings. The van der Waals surface area contributed by atoms with Crippen LogP contribution in [0.2, 0.25) is 0 Å². The summed E-state index contributed by atoms with van der Waals surface area (Å²) in [6, 6.07) is -7.67. The largest absolute Gasteiger partial charge is 0.471 e. The van der Waals surface area contributed by atoms with Gasteiger partial charge in [-0.25, -0.2) is 0 Å². The molecular weight excluding hydrogens is 914 g/mol. The van der Waals surface area contributed by atoms with Gasteiger partial charge in [0.2, 0.25) is 0 Å². The summed E-state index contributed by atoms with van der Waals surface area (Å²) < 4.78 is 336. The maximum Gasteiger partial charge on any atom is 0.471 e. The van der Waals surface area contributed by atoms with Crippen molar-refractivity contribution in [1.29, 1.82) is 10.5 Å². The minimum atomic E-state index is -7.33. The van der Waals surface area contributed by atoms with Crippen LogP contribution in [0, 0.1) is 21.8 Å². The second kappa shape index (κ2) is 18.2. The molecule has 0 aromatic carbocycles. The molecule has 0 heterocycles. The number of aliphatic hydroxyl groups is 1. The van der Waals surface area contributed by atoms with E-state index in [1.807, 2.05) is 14.2 Å². The Morgan fingerprint density at radius 3 is 0.981 bits per heavy atom. The lowest BCUT2D eigenvalue weighted by Gasteiger charge is -2.36. The van der Waals surface area contributed by atoms with Crippen molar-refractivity contribution in [2.45, 2.75) is 60.3 Å². The number of alkyl halides is 20. The number of aliphatic hydroxyl groups excluding tert-OH is 1. The van der Waals surface area contributed by atoms with E-state index in [1.165, 1.54) is 0 Å². The average molecular weight is 919 g/mol. The van der Waals surface area contributed by atoms with Crippen molar-refractivity contribution < 1.29 is 143 Å². The fourth-order valence-corrected chi connectivity index (χ4v) is 1.80. The van der Waals surface area contributed by atoms with E-state index in [1.54, 1.807) is 9.72 Å². The van der Waals surface area contributed by atoms with Gasteiger partial charge in [-0.3, -0.25) is 9.47 Å². The molecule has 35 heteroatoms. The van der Waals surface area contributed by atoms with E-state index in [0.717, 1.165) is 0 Å². The monoisotopic (exact) mass is 918 g/mol. The lowest BCUT2D eigenvalue weighted by Crippen LogP contribution is -2.63. The Balaban J connectivity index is -0.000000880. The lowest BCUT2D eigenvalue weighted by molar-refractivity contribution is -0.517. The van der Waals surface area contributed by atoms with Crippen LogP contribution in [0.15, 0.2) is 24.2 Å². The predicted molar refractivity (Wildman–Crippen MR) is 108 cm³/mol. The molecule has 1 N–H and O–H groups in total. The van der Waals surface area contributed by atoms with Crippen molar-refractivity contribution in [3.8, 4) is 11.2 Å². The predicted octanol–water partition coefficient (Wildman–Crippen LogP) is 9.56. The number of halogens is 27. The highest BCUT2D eigenvalue weighted by Gasteiger charge is 2.82. The minimum Gasteiger partial charge on any atom is -0.421 e. The molecule has 0 aliphatic carbocycles. The van der Waals surface area contributed by atoms with E-state index in [4.69, 9.17) is 15.6 Å². The molecule has 0 saturated heterocycles. The second-order valence-electron chi connectivity index (χ2n) is 7.76. The van der Waals surface area contributed by atoms with Crippen LogP contribution in [0.1, 0.15) is 0 Å². The molecule has 0 aromatic heterocycles. The molecule has 0 amide bonds. The van der Waals surface area contributed by atoms with E-state index in [9.17, 15) is 114 Å². The molecular formula is C18H5BrF26N2O6. The van der Waals surface area contributed by atoms with Crippen molar-refractivity contribution in [3.63, 3.8) is 0 Å². The summed E-state index contributed by atoms with van der Waals surface area (Å²) in [4.78, 5) is 1.56. The van der Waals surface area contributed by atoms with Gasteiger partial charge in [-0.1, -0.05) is 0 Å². The zero-order valence-corrected chi connectivity index (χ0v) is 24.6. The van der Waals surface area contributed by atoms with Crippen LogP contribution >= 0.6 is 15.9 Å². The lowest BCUT2D eigenvalue weighted by atomic mass is 10.2. The Labute approximate surface area is 279 Å². The highest BCUT2D eigenvalue weighted by Crippen LogP contribution is 2.54. The first-order valence-electron chi connectivity index (χ1n) is 10.7. The third-order valence-electron chi connectivity index (χ3n) is 4.12. The number of ether oxygens (including phenoxy) is 5. The normalized spacial score (nSPS) is 15.4. The van der Waals surface area contributed by atoms with Crippen molar-refractivity contribution in [2.24, 2.45) is 0 Å². The van der Waals surface area contributed by atoms with Crippen LogP contribution in [0.5, 0.6) is 0 Å². The summed E-state index contributed by atoms with van der Waals surface area (Å²) in [6.07, 6.45) is -49.6. The van der Waals surface area contributed by atoms with Crippen LogP contribution in [-0.2, 0) is 23.7 Å². The number of rotatable bonds is 15. The van der Waals surface area contributed by atoms with Crippen LogP contribution in [-0.4, -0.2) is 78.7 Å². The average Bonchev–Trinajstić information content (AvgIpc) is 2.94. The molecule has 2 unspecified atom stereocenters. The van der Waals surface area contributed by atoms with Crippen LogP contribution in [0.3, 0.4) is 0 Å². The van der Waals surface area contributed by atoms with Gasteiger partial charge in [0.15, 0.2) is 6.61 Å². The maximum atomic E-state index is 13.5. The minimum absolute atomic E-state index is 0.361. The van der Waals surface area contributed by atoms with Gasteiger partial charge in [0.05, 0.1) is 0 Å². The zero-order chi connectivity index (χ0) is 43.7. The summed E-state index contributed by atoms with van der Waals surface area (Å²) in [5.41, 5.74) is 0. The molecule has 0 fully saturated rings. The Hall–Kier alpha value is -3.60. The van der Waals surface area contributed by atoms with Gasteiger partial charge in [0.25, 0.3) is 6.26 Å². The van der Waals surface area contributed by atoms with Crippen molar-refractivity contribution >= 4 is 15.9 Å². The van der Waals surface area contributed by atoms with Gasteiger partial charge in [-0.05, 0) is 0 Å². The van der Waals surface area contributed by atoms with Gasteiger partial charge in [-0.2, -0.15) is 125 Å². The summed E-state index contributed by atoms with van der Waals surface area (Å²) in [5, 5.41) is 22.8. The summed E-state index contributed by atoms with van der Waals surface area (Å²) in [5.74, 6) is -26.5. The quantitative estimate of drug-likeness (QED) is 0.0983. The molecule has 312 valence electrons. The number of nitriles is 2. The molecule has 8 nitrogen and oxygen atoms in total. The Kier molecular flexibility index (Phi) is 18.4. The van der Waals surface area contributed by atoms with Crippen molar-refractivity contribution in [2.75, 3.05) is 13.2 Å². The van der Waals surface area contributed by atoms with Gasteiger partial charge in [-0.15, -0.1) is 0 Å². The summed E-state index contributed by atoms with van der Waals surface area (Å²) in [6.45, 7) is -5.75. The van der Waals surface area contributed by atoms with Gasteiger partial charge < -0.3 is 19.3 Å². The van der Waals surface area contributed by atoms with Crippen LogP contribution in [0.25, 0.3) is 0 Å². The summed E-state index contributed by atoms with van der Waals surface area (Å²) in [7, 11) is 0. The van der Waals surface area contributed by atoms with E-state index < -0.39 is 97.7 Å². The molecule has 53 heavy (non-hydrogen) atoms. The molecule has 0 saturated carbocycles. The molecule has 2 atom stereocenters. The second-order valence-corrected chi connectivity index (χ2v) is 8.12. The fraction of sp³-hybridized carbons (Fsp3) is 0.667. The van der Waals surface area contributed by atoms with Crippen LogP contribution in [0.4, 0.5) is 114 Å². The van der Waals surface area contributed by atoms with E-state index >= 15 is 0 Å². The number of hydrogen-bond donors (Lipinski definition) is 1. The highest BCUT2D eigenvalue weighted by atomic mass is 79.9. The molecule has 0 aliphatic rings. The Morgan fingerprint density at radius 1 is 0.509 bits per heavy atom. The smallest absolute Gasteiger partial charge is 0.421 e.